The Morgan fingerprint density at radius 2 is 0.413 bits per heavy atom. The average Bonchev–Trinajstić information content (AvgIpc) is 3.47. The first-order valence-electron chi connectivity index (χ1n) is 24.1. The number of phenolic OH excluding ortho intramolecular Hbond substituents is 8. The molecule has 11 rings (SSSR count). The fourth-order valence-electron chi connectivity index (χ4n) is 9.76. The zero-order valence-corrected chi connectivity index (χ0v) is 40.0. The van der Waals surface area contributed by atoms with Crippen molar-refractivity contribution in [2.24, 2.45) is 0 Å². The van der Waals surface area contributed by atoms with Gasteiger partial charge in [0.25, 0.3) is 0 Å². The number of nitrogens with zero attached hydrogens (tertiary/aromatic N) is 1. The highest BCUT2D eigenvalue weighted by Gasteiger charge is 2.36. The van der Waals surface area contributed by atoms with Gasteiger partial charge in [-0.2, -0.15) is 0 Å². The van der Waals surface area contributed by atoms with E-state index in [2.05, 4.69) is 0 Å². The van der Waals surface area contributed by atoms with Crippen molar-refractivity contribution in [2.75, 3.05) is 4.90 Å². The Morgan fingerprint density at radius 1 is 0.187 bits per heavy atom. The van der Waals surface area contributed by atoms with E-state index in [9.17, 15) is 40.9 Å². The van der Waals surface area contributed by atoms with Crippen LogP contribution in [0.3, 0.4) is 0 Å². The molecule has 0 heterocycles. The zero-order chi connectivity index (χ0) is 51.7. The highest BCUT2D eigenvalue weighted by atomic mass is 16.3. The standard InChI is InChI=1S/C66H47NO8/c68-59-55(52-36-48(41-19-8-2-9-20-41)34-49(37-52)42-21-10-3-11-22-42)60(69)64(73)57(63(59)72)67(54-31-29-45(30-32-54)47-28-16-27-46(33-47)40-17-6-1-7-18-40)58-65(74)61(70)56(62(71)66(58)75)53-38-50(43-23-12-4-13-24-43)35-51(39-53)44-25-14-5-15-26-44/h1-39,68-75H. The molecule has 11 aromatic rings. The van der Waals surface area contributed by atoms with Crippen molar-refractivity contribution in [1.82, 2.24) is 0 Å². The molecule has 75 heavy (non-hydrogen) atoms. The Labute approximate surface area is 432 Å². The van der Waals surface area contributed by atoms with Crippen molar-refractivity contribution in [3.8, 4) is 135 Å². The first-order valence-corrected chi connectivity index (χ1v) is 24.1. The molecule has 0 aliphatic rings. The van der Waals surface area contributed by atoms with Crippen LogP contribution in [0.2, 0.25) is 0 Å². The maximum atomic E-state index is 12.4. The molecule has 0 saturated heterocycles. The Kier molecular flexibility index (Phi) is 12.3. The third-order valence-corrected chi connectivity index (χ3v) is 13.5. The first kappa shape index (κ1) is 47.0. The molecular formula is C66H47NO8. The van der Waals surface area contributed by atoms with E-state index in [4.69, 9.17) is 0 Å². The van der Waals surface area contributed by atoms with Crippen LogP contribution in [0.15, 0.2) is 237 Å². The Balaban J connectivity index is 1.11. The molecule has 0 unspecified atom stereocenters. The molecule has 9 heteroatoms. The molecule has 11 aromatic carbocycles. The number of rotatable bonds is 11. The quantitative estimate of drug-likeness (QED) is 0.0465. The molecule has 0 atom stereocenters. The van der Waals surface area contributed by atoms with Gasteiger partial charge in [0.2, 0.25) is 0 Å². The van der Waals surface area contributed by atoms with E-state index in [0.29, 0.717) is 22.3 Å². The third-order valence-electron chi connectivity index (χ3n) is 13.5. The van der Waals surface area contributed by atoms with Crippen molar-refractivity contribution in [3.63, 3.8) is 0 Å². The normalized spacial score (nSPS) is 11.1. The van der Waals surface area contributed by atoms with E-state index in [1.807, 2.05) is 188 Å². The molecule has 0 radical (unpaired) electrons. The highest BCUT2D eigenvalue weighted by molar-refractivity contribution is 6.01. The second-order valence-electron chi connectivity index (χ2n) is 18.1. The maximum Gasteiger partial charge on any atom is 0.186 e. The lowest BCUT2D eigenvalue weighted by atomic mass is 9.91. The molecular weight excluding hydrogens is 935 g/mol. The van der Waals surface area contributed by atoms with Crippen LogP contribution in [0.1, 0.15) is 0 Å². The smallest absolute Gasteiger partial charge is 0.186 e. The lowest BCUT2D eigenvalue weighted by Crippen LogP contribution is -2.12. The zero-order valence-electron chi connectivity index (χ0n) is 40.0. The van der Waals surface area contributed by atoms with Gasteiger partial charge in [-0.3, -0.25) is 4.90 Å². The van der Waals surface area contributed by atoms with Crippen LogP contribution in [-0.2, 0) is 0 Å². The number of phenols is 8. The molecule has 8 N–H and O–H groups in total. The molecule has 0 spiro atoms. The van der Waals surface area contributed by atoms with Crippen LogP contribution >= 0.6 is 0 Å². The second kappa shape index (κ2) is 19.7. The maximum absolute atomic E-state index is 12.4. The van der Waals surface area contributed by atoms with E-state index in [-0.39, 0.29) is 27.9 Å². The van der Waals surface area contributed by atoms with Gasteiger partial charge in [0.1, 0.15) is 11.4 Å². The summed E-state index contributed by atoms with van der Waals surface area (Å²) in [5.41, 5.74) is 8.10. The SMILES string of the molecule is Oc1c(O)c(N(c2ccc(-c3cccc(-c4ccccc4)c3)cc2)c2c(O)c(O)c(-c3cc(-c4ccccc4)cc(-c4ccccc4)c3)c(O)c2O)c(O)c(O)c1-c1cc(-c2ccccc2)cc(-c2ccccc2)c1. The summed E-state index contributed by atoms with van der Waals surface area (Å²) in [6.45, 7) is 0. The minimum absolute atomic E-state index is 0.0436. The Bertz CT molecular complexity index is 3520. The van der Waals surface area contributed by atoms with Crippen LogP contribution in [-0.4, -0.2) is 40.9 Å². The van der Waals surface area contributed by atoms with Gasteiger partial charge in [0.05, 0.1) is 11.1 Å². The van der Waals surface area contributed by atoms with Crippen molar-refractivity contribution in [1.29, 1.82) is 0 Å². The Hall–Kier alpha value is -10.4. The van der Waals surface area contributed by atoms with E-state index in [0.717, 1.165) is 49.4 Å². The average molecular weight is 982 g/mol. The summed E-state index contributed by atoms with van der Waals surface area (Å²) in [5.74, 6) is -7.35. The molecule has 0 amide bonds. The number of anilines is 3. The van der Waals surface area contributed by atoms with Gasteiger partial charge in [0, 0.05) is 5.69 Å². The molecule has 9 nitrogen and oxygen atoms in total. The summed E-state index contributed by atoms with van der Waals surface area (Å²) < 4.78 is 0. The van der Waals surface area contributed by atoms with Gasteiger partial charge in [0.15, 0.2) is 46.0 Å². The summed E-state index contributed by atoms with van der Waals surface area (Å²) in [6, 6.07) is 72.9. The molecule has 0 aliphatic carbocycles. The molecule has 0 fully saturated rings. The lowest BCUT2D eigenvalue weighted by molar-refractivity contribution is 0.372. The van der Waals surface area contributed by atoms with Gasteiger partial charge < -0.3 is 40.9 Å². The lowest BCUT2D eigenvalue weighted by Gasteiger charge is -2.30. The largest absolute Gasteiger partial charge is 0.504 e. The van der Waals surface area contributed by atoms with E-state index < -0.39 is 57.4 Å². The van der Waals surface area contributed by atoms with Gasteiger partial charge in [-0.15, -0.1) is 0 Å². The number of hydrogen-bond acceptors (Lipinski definition) is 9. The topological polar surface area (TPSA) is 165 Å². The van der Waals surface area contributed by atoms with Crippen molar-refractivity contribution in [3.05, 3.63) is 237 Å². The Morgan fingerprint density at radius 3 is 0.707 bits per heavy atom. The monoisotopic (exact) mass is 981 g/mol. The fraction of sp³-hybridized carbons (Fsp3) is 0. The molecule has 364 valence electrons. The van der Waals surface area contributed by atoms with Gasteiger partial charge in [-0.1, -0.05) is 182 Å². The van der Waals surface area contributed by atoms with Crippen molar-refractivity contribution < 1.29 is 40.9 Å². The second-order valence-corrected chi connectivity index (χ2v) is 18.1. The molecule has 0 bridgehead atoms. The number of hydrogen-bond donors (Lipinski definition) is 8. The molecule has 0 aromatic heterocycles. The number of benzene rings is 11. The van der Waals surface area contributed by atoms with Crippen LogP contribution in [0.5, 0.6) is 46.0 Å². The van der Waals surface area contributed by atoms with Crippen LogP contribution < -0.4 is 4.90 Å². The van der Waals surface area contributed by atoms with E-state index >= 15 is 0 Å². The minimum atomic E-state index is -0.976. The fourth-order valence-corrected chi connectivity index (χ4v) is 9.76. The first-order chi connectivity index (χ1) is 36.5. The van der Waals surface area contributed by atoms with Crippen LogP contribution in [0.4, 0.5) is 17.1 Å². The van der Waals surface area contributed by atoms with Gasteiger partial charge in [-0.05, 0) is 132 Å². The summed E-state index contributed by atoms with van der Waals surface area (Å²) >= 11 is 0. The summed E-state index contributed by atoms with van der Waals surface area (Å²) in [5, 5.41) is 98.3. The minimum Gasteiger partial charge on any atom is -0.504 e. The third kappa shape index (κ3) is 8.81. The van der Waals surface area contributed by atoms with Crippen LogP contribution in [0, 0.1) is 0 Å². The van der Waals surface area contributed by atoms with Crippen LogP contribution in [0.25, 0.3) is 89.0 Å². The number of aromatic hydroxyl groups is 8. The highest BCUT2D eigenvalue weighted by Crippen LogP contribution is 2.64. The summed E-state index contributed by atoms with van der Waals surface area (Å²) in [6.07, 6.45) is 0. The predicted octanol–water partition coefficient (Wildman–Crippen LogP) is 16.1. The van der Waals surface area contributed by atoms with Gasteiger partial charge in [-0.25, -0.2) is 0 Å². The van der Waals surface area contributed by atoms with Crippen molar-refractivity contribution >= 4 is 17.1 Å². The summed E-state index contributed by atoms with van der Waals surface area (Å²) in [7, 11) is 0. The molecule has 0 saturated carbocycles. The molecule has 0 aliphatic heterocycles. The van der Waals surface area contributed by atoms with E-state index in [1.54, 1.807) is 48.5 Å². The van der Waals surface area contributed by atoms with Crippen molar-refractivity contribution in [2.45, 2.75) is 0 Å². The summed E-state index contributed by atoms with van der Waals surface area (Å²) in [4.78, 5) is 0.956. The van der Waals surface area contributed by atoms with E-state index in [1.165, 1.54) is 0 Å². The predicted molar refractivity (Wildman–Crippen MR) is 298 cm³/mol. The van der Waals surface area contributed by atoms with Gasteiger partial charge >= 0.3 is 0 Å².